The van der Waals surface area contributed by atoms with Gasteiger partial charge in [-0.25, -0.2) is 0 Å². The third-order valence-electron chi connectivity index (χ3n) is 9.12. The van der Waals surface area contributed by atoms with E-state index >= 15 is 0 Å². The minimum Gasteiger partial charge on any atom is -0.322 e. The largest absolute Gasteiger partial charge is 0.322 e. The molecule has 360 valence electrons. The molecule has 0 unspecified atom stereocenters. The van der Waals surface area contributed by atoms with Gasteiger partial charge in [-0.1, -0.05) is 0 Å². The lowest BCUT2D eigenvalue weighted by atomic mass is 10.2. The molecule has 0 fully saturated rings. The Morgan fingerprint density at radius 2 is 0.686 bits per heavy atom. The fourth-order valence-electron chi connectivity index (χ4n) is 5.73. The Labute approximate surface area is 398 Å². The first-order valence-corrected chi connectivity index (χ1v) is 25.1. The number of azo groups is 4. The SMILES string of the molecule is Cc1cc(NC(=O)/C=C/C(=O)Nc2ccc(N=Nc3ccc(N=Nc4ccc(S(=O)(=O)O)cc4)cc3S(=O)(=O)O)c(C)c2)ccc1N=Nc1ccc(N=Nc2ccc(S(=O)(=O)O)cc2)cc1S(=O)(=O)O. The summed E-state index contributed by atoms with van der Waals surface area (Å²) in [5.41, 5.74) is 1.94. The average molecular weight is 1030 g/mol. The smallest absolute Gasteiger partial charge is 0.296 e. The van der Waals surface area contributed by atoms with E-state index in [4.69, 9.17) is 9.11 Å². The Balaban J connectivity index is 1.04. The van der Waals surface area contributed by atoms with Crippen molar-refractivity contribution in [2.45, 2.75) is 33.4 Å². The number of nitrogens with zero attached hydrogens (tertiary/aromatic N) is 8. The van der Waals surface area contributed by atoms with Crippen LogP contribution in [0.3, 0.4) is 0 Å². The second-order valence-corrected chi connectivity index (χ2v) is 19.9. The van der Waals surface area contributed by atoms with Crippen LogP contribution in [0.25, 0.3) is 0 Å². The molecule has 70 heavy (non-hydrogen) atoms. The van der Waals surface area contributed by atoms with Crippen molar-refractivity contribution in [2.24, 2.45) is 40.9 Å². The highest BCUT2D eigenvalue weighted by atomic mass is 32.2. The van der Waals surface area contributed by atoms with Crippen LogP contribution in [0.1, 0.15) is 11.1 Å². The van der Waals surface area contributed by atoms with Crippen molar-refractivity contribution in [2.75, 3.05) is 10.6 Å². The van der Waals surface area contributed by atoms with Crippen LogP contribution < -0.4 is 10.6 Å². The van der Waals surface area contributed by atoms with Gasteiger partial charge in [0, 0.05) is 23.5 Å². The van der Waals surface area contributed by atoms with E-state index in [1.165, 1.54) is 84.9 Å². The zero-order valence-corrected chi connectivity index (χ0v) is 39.0. The molecule has 0 heterocycles. The lowest BCUT2D eigenvalue weighted by molar-refractivity contribution is -0.114. The van der Waals surface area contributed by atoms with Crippen LogP contribution in [-0.2, 0) is 50.1 Å². The monoisotopic (exact) mass is 1030 g/mol. The first-order chi connectivity index (χ1) is 32.8. The number of carbonyl (C=O) groups excluding carboxylic acids is 2. The zero-order chi connectivity index (χ0) is 51.0. The minimum atomic E-state index is -4.83. The maximum atomic E-state index is 12.7. The van der Waals surface area contributed by atoms with Crippen molar-refractivity contribution < 1.29 is 61.5 Å². The Kier molecular flexibility index (Phi) is 15.5. The third-order valence-corrected chi connectivity index (χ3v) is 12.6. The molecule has 6 rings (SSSR count). The maximum absolute atomic E-state index is 12.7. The van der Waals surface area contributed by atoms with Crippen molar-refractivity contribution >= 4 is 109 Å². The van der Waals surface area contributed by atoms with E-state index in [2.05, 4.69) is 51.5 Å². The summed E-state index contributed by atoms with van der Waals surface area (Å²) < 4.78 is 132. The van der Waals surface area contributed by atoms with Gasteiger partial charge in [0.2, 0.25) is 11.8 Å². The van der Waals surface area contributed by atoms with Crippen molar-refractivity contribution in [3.63, 3.8) is 0 Å². The van der Waals surface area contributed by atoms with Gasteiger partial charge in [0.05, 0.1) is 43.9 Å². The maximum Gasteiger partial charge on any atom is 0.296 e. The van der Waals surface area contributed by atoms with E-state index in [0.29, 0.717) is 22.5 Å². The van der Waals surface area contributed by atoms with Gasteiger partial charge in [-0.3, -0.25) is 27.8 Å². The number of aryl methyl sites for hydroxylation is 2. The molecule has 0 saturated carbocycles. The highest BCUT2D eigenvalue weighted by molar-refractivity contribution is 7.86. The number of hydrogen-bond donors (Lipinski definition) is 6. The third kappa shape index (κ3) is 14.3. The van der Waals surface area contributed by atoms with Crippen LogP contribution in [0.15, 0.2) is 194 Å². The van der Waals surface area contributed by atoms with E-state index < -0.39 is 62.1 Å². The Morgan fingerprint density at radius 3 is 1.00 bits per heavy atom. The summed E-state index contributed by atoms with van der Waals surface area (Å²) in [4.78, 5) is 23.3. The minimum absolute atomic E-state index is 0.0139. The molecule has 0 bridgehead atoms. The van der Waals surface area contributed by atoms with E-state index in [1.807, 2.05) is 0 Å². The van der Waals surface area contributed by atoms with E-state index in [9.17, 15) is 52.4 Å². The molecule has 0 saturated heterocycles. The number of rotatable bonds is 16. The molecule has 0 aliphatic rings. The molecular formula is C42H34N10O14S4. The van der Waals surface area contributed by atoms with Crippen LogP contribution in [-0.4, -0.2) is 63.7 Å². The molecule has 2 amide bonds. The first kappa shape index (κ1) is 51.4. The summed E-state index contributed by atoms with van der Waals surface area (Å²) in [7, 11) is -18.5. The number of benzene rings is 6. The van der Waals surface area contributed by atoms with Gasteiger partial charge < -0.3 is 10.6 Å². The molecule has 6 aromatic carbocycles. The van der Waals surface area contributed by atoms with Crippen LogP contribution in [0.5, 0.6) is 0 Å². The van der Waals surface area contributed by atoms with Crippen LogP contribution >= 0.6 is 0 Å². The Bertz CT molecular complexity index is 3420. The predicted octanol–water partition coefficient (Wildman–Crippen LogP) is 10.1. The zero-order valence-electron chi connectivity index (χ0n) is 35.8. The molecular weight excluding hydrogens is 997 g/mol. The van der Waals surface area contributed by atoms with Crippen LogP contribution in [0.4, 0.5) is 56.9 Å². The Morgan fingerprint density at radius 1 is 0.386 bits per heavy atom. The van der Waals surface area contributed by atoms with Gasteiger partial charge in [-0.2, -0.15) is 64.4 Å². The lowest BCUT2D eigenvalue weighted by Crippen LogP contribution is -2.12. The van der Waals surface area contributed by atoms with Gasteiger partial charge >= 0.3 is 0 Å². The lowest BCUT2D eigenvalue weighted by Gasteiger charge is -2.07. The highest BCUT2D eigenvalue weighted by Crippen LogP contribution is 2.34. The Hall–Kier alpha value is -7.96. The summed E-state index contributed by atoms with van der Waals surface area (Å²) >= 11 is 0. The number of nitrogens with one attached hydrogen (secondary N) is 2. The van der Waals surface area contributed by atoms with Crippen molar-refractivity contribution in [3.05, 3.63) is 145 Å². The van der Waals surface area contributed by atoms with Gasteiger partial charge in [0.1, 0.15) is 21.2 Å². The molecule has 0 atom stereocenters. The number of carbonyl (C=O) groups is 2. The van der Waals surface area contributed by atoms with E-state index in [1.54, 1.807) is 13.8 Å². The molecule has 28 heteroatoms. The molecule has 0 aromatic heterocycles. The fraction of sp³-hybridized carbons (Fsp3) is 0.0476. The molecule has 6 aromatic rings. The van der Waals surface area contributed by atoms with Gasteiger partial charge in [-0.05, 0) is 146 Å². The molecule has 24 nitrogen and oxygen atoms in total. The predicted molar refractivity (Wildman–Crippen MR) is 250 cm³/mol. The van der Waals surface area contributed by atoms with Gasteiger partial charge in [0.15, 0.2) is 0 Å². The van der Waals surface area contributed by atoms with Crippen LogP contribution in [0.2, 0.25) is 0 Å². The molecule has 0 radical (unpaired) electrons. The van der Waals surface area contributed by atoms with E-state index in [-0.39, 0.29) is 55.3 Å². The normalized spacial score (nSPS) is 12.7. The second-order valence-electron chi connectivity index (χ2n) is 14.3. The molecule has 6 N–H and O–H groups in total. The second kappa shape index (κ2) is 21.1. The number of hydrogen-bond acceptors (Lipinski definition) is 18. The first-order valence-electron chi connectivity index (χ1n) is 19.4. The van der Waals surface area contributed by atoms with Gasteiger partial charge in [0.25, 0.3) is 40.5 Å². The van der Waals surface area contributed by atoms with Crippen molar-refractivity contribution in [3.8, 4) is 0 Å². The topological polar surface area (TPSA) is 375 Å². The molecule has 0 spiro atoms. The summed E-state index contributed by atoms with van der Waals surface area (Å²) in [5.74, 6) is -1.34. The molecule has 0 aliphatic heterocycles. The quantitative estimate of drug-likeness (QED) is 0.0298. The van der Waals surface area contributed by atoms with Crippen molar-refractivity contribution in [1.29, 1.82) is 0 Å². The van der Waals surface area contributed by atoms with Crippen molar-refractivity contribution in [1.82, 2.24) is 0 Å². The summed E-state index contributed by atoms with van der Waals surface area (Å²) in [6.45, 7) is 3.26. The van der Waals surface area contributed by atoms with Gasteiger partial charge in [-0.15, -0.1) is 10.2 Å². The molecule has 0 aliphatic carbocycles. The number of anilines is 2. The summed E-state index contributed by atoms with van der Waals surface area (Å²) in [6.07, 6.45) is 1.97. The average Bonchev–Trinajstić information content (AvgIpc) is 3.28. The fourth-order valence-corrected chi connectivity index (χ4v) is 7.98. The van der Waals surface area contributed by atoms with E-state index in [0.717, 1.165) is 48.6 Å². The number of amides is 2. The summed E-state index contributed by atoms with van der Waals surface area (Å²) in [5, 5.41) is 36.8. The summed E-state index contributed by atoms with van der Waals surface area (Å²) in [6, 6.07) is 25.4. The van der Waals surface area contributed by atoms with Crippen LogP contribution in [0, 0.1) is 13.8 Å². The standard InChI is InChI=1S/C42H34N10O14S4/c1-25-21-29(7-15-35(25)49-51-37-17-9-31(23-39(37)69(61,62)63)47-45-27-3-11-33(12-4-27)67(55,56)57)43-41(53)19-20-42(54)44-30-8-16-36(26(2)22-30)50-52-38-18-10-32(24-40(38)70(64,65)66)48-46-28-5-13-34(14-6-28)68(58,59)60/h3-24H,1-2H3,(H,43,53)(H,44,54)(H,55,56,57)(H,58,59,60)(H,61,62,63)(H,64,65,66)/b20-19+,47-45?,48-46?,51-49?,52-50?. The highest BCUT2D eigenvalue weighted by Gasteiger charge is 2.19.